The molecule has 0 amide bonds. The predicted octanol–water partition coefficient (Wildman–Crippen LogP) is 2.42. The van der Waals surface area contributed by atoms with E-state index < -0.39 is 0 Å². The van der Waals surface area contributed by atoms with Crippen molar-refractivity contribution in [3.8, 4) is 0 Å². The van der Waals surface area contributed by atoms with Crippen molar-refractivity contribution < 1.29 is 4.74 Å². The zero-order chi connectivity index (χ0) is 10.7. The van der Waals surface area contributed by atoms with E-state index in [4.69, 9.17) is 10.5 Å². The lowest BCUT2D eigenvalue weighted by Gasteiger charge is -2.14. The Morgan fingerprint density at radius 2 is 2.13 bits per heavy atom. The van der Waals surface area contributed by atoms with Crippen LogP contribution in [0.1, 0.15) is 30.0 Å². The van der Waals surface area contributed by atoms with Crippen molar-refractivity contribution in [3.63, 3.8) is 0 Å². The Kier molecular flexibility index (Phi) is 3.39. The summed E-state index contributed by atoms with van der Waals surface area (Å²) in [6.45, 7) is 3.62. The minimum atomic E-state index is 0.0185. The molecule has 1 aromatic carbocycles. The SMILES string of the molecule is Cc1ccccc1C(N)COCC1CC1. The van der Waals surface area contributed by atoms with Gasteiger partial charge in [-0.05, 0) is 36.8 Å². The summed E-state index contributed by atoms with van der Waals surface area (Å²) in [6.07, 6.45) is 2.67. The number of benzene rings is 1. The van der Waals surface area contributed by atoms with Crippen LogP contribution in [0.3, 0.4) is 0 Å². The largest absolute Gasteiger partial charge is 0.379 e. The van der Waals surface area contributed by atoms with Gasteiger partial charge in [-0.3, -0.25) is 0 Å². The van der Waals surface area contributed by atoms with E-state index in [9.17, 15) is 0 Å². The molecule has 0 saturated heterocycles. The average Bonchev–Trinajstić information content (AvgIpc) is 3.02. The first-order valence-electron chi connectivity index (χ1n) is 5.66. The van der Waals surface area contributed by atoms with Crippen molar-refractivity contribution in [2.75, 3.05) is 13.2 Å². The number of aryl methyl sites for hydroxylation is 1. The normalized spacial score (nSPS) is 17.7. The lowest BCUT2D eigenvalue weighted by atomic mass is 10.0. The number of nitrogens with two attached hydrogens (primary N) is 1. The monoisotopic (exact) mass is 205 g/mol. The number of hydrogen-bond acceptors (Lipinski definition) is 2. The van der Waals surface area contributed by atoms with Gasteiger partial charge in [0.1, 0.15) is 0 Å². The highest BCUT2D eigenvalue weighted by Gasteiger charge is 2.21. The Morgan fingerprint density at radius 3 is 2.80 bits per heavy atom. The molecule has 0 radical (unpaired) electrons. The number of rotatable bonds is 5. The minimum Gasteiger partial charge on any atom is -0.379 e. The third-order valence-electron chi connectivity index (χ3n) is 2.94. The first kappa shape index (κ1) is 10.7. The van der Waals surface area contributed by atoms with E-state index in [1.165, 1.54) is 24.0 Å². The number of hydrogen-bond donors (Lipinski definition) is 1. The molecule has 0 heterocycles. The molecule has 0 spiro atoms. The fourth-order valence-corrected chi connectivity index (χ4v) is 1.74. The molecule has 1 atom stereocenters. The van der Waals surface area contributed by atoms with Crippen molar-refractivity contribution in [3.05, 3.63) is 35.4 Å². The molecule has 1 unspecified atom stereocenters. The zero-order valence-corrected chi connectivity index (χ0v) is 9.28. The zero-order valence-electron chi connectivity index (χ0n) is 9.28. The van der Waals surface area contributed by atoms with Crippen LogP contribution in [0.5, 0.6) is 0 Å². The quantitative estimate of drug-likeness (QED) is 0.801. The second kappa shape index (κ2) is 4.77. The molecule has 1 fully saturated rings. The molecular weight excluding hydrogens is 186 g/mol. The highest BCUT2D eigenvalue weighted by molar-refractivity contribution is 5.28. The van der Waals surface area contributed by atoms with Crippen molar-refractivity contribution in [1.29, 1.82) is 0 Å². The Labute approximate surface area is 91.4 Å². The Bertz CT molecular complexity index is 320. The lowest BCUT2D eigenvalue weighted by molar-refractivity contribution is 0.112. The first-order chi connectivity index (χ1) is 7.27. The molecule has 0 aliphatic heterocycles. The fourth-order valence-electron chi connectivity index (χ4n) is 1.74. The molecule has 1 aliphatic rings. The standard InChI is InChI=1S/C13H19NO/c1-10-4-2-3-5-12(10)13(14)9-15-8-11-6-7-11/h2-5,11,13H,6-9,14H2,1H3. The smallest absolute Gasteiger partial charge is 0.0659 e. The van der Waals surface area contributed by atoms with E-state index >= 15 is 0 Å². The topological polar surface area (TPSA) is 35.2 Å². The van der Waals surface area contributed by atoms with Gasteiger partial charge in [0.2, 0.25) is 0 Å². The third-order valence-corrected chi connectivity index (χ3v) is 2.94. The van der Waals surface area contributed by atoms with Gasteiger partial charge in [0.15, 0.2) is 0 Å². The molecule has 1 saturated carbocycles. The predicted molar refractivity (Wildman–Crippen MR) is 61.7 cm³/mol. The second-order valence-electron chi connectivity index (χ2n) is 4.44. The summed E-state index contributed by atoms with van der Waals surface area (Å²) in [4.78, 5) is 0. The second-order valence-corrected chi connectivity index (χ2v) is 4.44. The van der Waals surface area contributed by atoms with Crippen molar-refractivity contribution in [1.82, 2.24) is 0 Å². The van der Waals surface area contributed by atoms with Gasteiger partial charge in [-0.15, -0.1) is 0 Å². The molecule has 2 rings (SSSR count). The third kappa shape index (κ3) is 3.05. The molecule has 2 N–H and O–H groups in total. The molecule has 1 aromatic rings. The van der Waals surface area contributed by atoms with Crippen LogP contribution in [-0.4, -0.2) is 13.2 Å². The maximum atomic E-state index is 6.08. The summed E-state index contributed by atoms with van der Waals surface area (Å²) in [5.74, 6) is 0.814. The lowest BCUT2D eigenvalue weighted by Crippen LogP contribution is -2.18. The van der Waals surface area contributed by atoms with Crippen LogP contribution in [0.15, 0.2) is 24.3 Å². The van der Waals surface area contributed by atoms with Gasteiger partial charge in [0.05, 0.1) is 12.6 Å². The van der Waals surface area contributed by atoms with Gasteiger partial charge < -0.3 is 10.5 Å². The van der Waals surface area contributed by atoms with Crippen molar-refractivity contribution in [2.45, 2.75) is 25.8 Å². The van der Waals surface area contributed by atoms with Crippen LogP contribution in [0.4, 0.5) is 0 Å². The van der Waals surface area contributed by atoms with Gasteiger partial charge >= 0.3 is 0 Å². The summed E-state index contributed by atoms with van der Waals surface area (Å²) in [6, 6.07) is 8.26. The number of ether oxygens (including phenoxy) is 1. The summed E-state index contributed by atoms with van der Waals surface area (Å²) in [5.41, 5.74) is 8.53. The average molecular weight is 205 g/mol. The fraction of sp³-hybridized carbons (Fsp3) is 0.538. The Morgan fingerprint density at radius 1 is 1.40 bits per heavy atom. The molecule has 0 bridgehead atoms. The van der Waals surface area contributed by atoms with Crippen LogP contribution in [0.2, 0.25) is 0 Å². The molecule has 1 aliphatic carbocycles. The van der Waals surface area contributed by atoms with Crippen LogP contribution < -0.4 is 5.73 Å². The summed E-state index contributed by atoms with van der Waals surface area (Å²) in [7, 11) is 0. The van der Waals surface area contributed by atoms with E-state index in [1.807, 2.05) is 12.1 Å². The van der Waals surface area contributed by atoms with E-state index in [0.717, 1.165) is 12.5 Å². The van der Waals surface area contributed by atoms with Gasteiger partial charge in [0, 0.05) is 6.61 Å². The maximum Gasteiger partial charge on any atom is 0.0659 e. The summed E-state index contributed by atoms with van der Waals surface area (Å²) < 4.78 is 5.60. The molecule has 82 valence electrons. The van der Waals surface area contributed by atoms with Crippen molar-refractivity contribution >= 4 is 0 Å². The molecule has 0 aromatic heterocycles. The van der Waals surface area contributed by atoms with Crippen LogP contribution in [0.25, 0.3) is 0 Å². The highest BCUT2D eigenvalue weighted by Crippen LogP contribution is 2.29. The van der Waals surface area contributed by atoms with Gasteiger partial charge in [0.25, 0.3) is 0 Å². The van der Waals surface area contributed by atoms with Crippen LogP contribution in [-0.2, 0) is 4.74 Å². The molecule has 2 heteroatoms. The van der Waals surface area contributed by atoms with E-state index in [0.29, 0.717) is 6.61 Å². The summed E-state index contributed by atoms with van der Waals surface area (Å²) in [5, 5.41) is 0. The van der Waals surface area contributed by atoms with Crippen molar-refractivity contribution in [2.24, 2.45) is 11.7 Å². The van der Waals surface area contributed by atoms with Gasteiger partial charge in [-0.2, -0.15) is 0 Å². The molecular formula is C13H19NO. The molecule has 15 heavy (non-hydrogen) atoms. The van der Waals surface area contributed by atoms with E-state index in [2.05, 4.69) is 19.1 Å². The maximum absolute atomic E-state index is 6.08. The van der Waals surface area contributed by atoms with E-state index in [-0.39, 0.29) is 6.04 Å². The molecule has 2 nitrogen and oxygen atoms in total. The Balaban J connectivity index is 1.83. The Hall–Kier alpha value is -0.860. The van der Waals surface area contributed by atoms with Crippen LogP contribution >= 0.6 is 0 Å². The first-order valence-corrected chi connectivity index (χ1v) is 5.66. The van der Waals surface area contributed by atoms with Gasteiger partial charge in [-0.25, -0.2) is 0 Å². The summed E-state index contributed by atoms with van der Waals surface area (Å²) >= 11 is 0. The van der Waals surface area contributed by atoms with Crippen LogP contribution in [0, 0.1) is 12.8 Å². The minimum absolute atomic E-state index is 0.0185. The van der Waals surface area contributed by atoms with Gasteiger partial charge in [-0.1, -0.05) is 24.3 Å². The highest BCUT2D eigenvalue weighted by atomic mass is 16.5. The van der Waals surface area contributed by atoms with E-state index in [1.54, 1.807) is 0 Å².